The normalized spacial score (nSPS) is 16.0. The van der Waals surface area contributed by atoms with Crippen LogP contribution in [-0.2, 0) is 6.42 Å². The highest BCUT2D eigenvalue weighted by Gasteiger charge is 2.32. The molecule has 208 valence electrons. The summed E-state index contributed by atoms with van der Waals surface area (Å²) in [5.74, 6) is 1.62. The highest BCUT2D eigenvalue weighted by atomic mass is 35.5. The second kappa shape index (κ2) is 10.3. The Morgan fingerprint density at radius 3 is 2.74 bits per heavy atom. The van der Waals surface area contributed by atoms with E-state index in [1.807, 2.05) is 36.4 Å². The molecule has 7 rings (SSSR count). The van der Waals surface area contributed by atoms with Crippen molar-refractivity contribution in [2.45, 2.75) is 18.9 Å². The summed E-state index contributed by atoms with van der Waals surface area (Å²) < 4.78 is 13.8. The number of halogens is 1. The van der Waals surface area contributed by atoms with Crippen LogP contribution in [0.5, 0.6) is 5.75 Å². The van der Waals surface area contributed by atoms with Gasteiger partial charge in [0.1, 0.15) is 17.3 Å². The maximum Gasteiger partial charge on any atom is 0.271 e. The monoisotopic (exact) mass is 595 g/mol. The van der Waals surface area contributed by atoms with Gasteiger partial charge in [0.25, 0.3) is 11.2 Å². The lowest BCUT2D eigenvalue weighted by Gasteiger charge is -2.31. The van der Waals surface area contributed by atoms with Crippen molar-refractivity contribution in [2.24, 2.45) is 4.99 Å². The number of allylic oxidation sites excluding steroid dienone is 1. The number of fused-ring (bicyclic) bond motifs is 3. The van der Waals surface area contributed by atoms with Gasteiger partial charge in [-0.1, -0.05) is 59.3 Å². The standard InChI is InChI=1S/C32H22ClN3O5S/c1-40-21-7-4-6-19(15-21)30-25-12-9-18-5-2-3-8-23(18)29(25)34-32-35(30)31(37)28(42-32)17-22-11-14-27(41-22)24-13-10-20(36(38)39)16-26(24)33/h2-8,10-11,13-17,30H,9,12H2,1H3/b28-17+/t30-/m0/s1. The molecule has 1 aliphatic heterocycles. The Kier molecular flexibility index (Phi) is 6.41. The van der Waals surface area contributed by atoms with Gasteiger partial charge in [0.05, 0.1) is 33.3 Å². The zero-order chi connectivity index (χ0) is 29.0. The molecule has 42 heavy (non-hydrogen) atoms. The average Bonchev–Trinajstić information content (AvgIpc) is 3.59. The zero-order valence-corrected chi connectivity index (χ0v) is 23.8. The number of furan rings is 1. The number of nitro benzene ring substituents is 1. The minimum atomic E-state index is -0.502. The molecule has 0 saturated heterocycles. The third-order valence-corrected chi connectivity index (χ3v) is 8.91. The number of methoxy groups -OCH3 is 1. The van der Waals surface area contributed by atoms with Crippen LogP contribution in [0.1, 0.15) is 34.9 Å². The van der Waals surface area contributed by atoms with Crippen LogP contribution in [0.25, 0.3) is 23.1 Å². The number of rotatable bonds is 5. The molecule has 0 fully saturated rings. The number of aryl methyl sites for hydroxylation is 1. The van der Waals surface area contributed by atoms with Gasteiger partial charge in [-0.05, 0) is 59.9 Å². The first-order valence-electron chi connectivity index (χ1n) is 13.2. The van der Waals surface area contributed by atoms with E-state index in [2.05, 4.69) is 12.1 Å². The van der Waals surface area contributed by atoms with E-state index < -0.39 is 4.92 Å². The summed E-state index contributed by atoms with van der Waals surface area (Å²) in [6, 6.07) is 23.5. The number of ether oxygens (including phenoxy) is 1. The van der Waals surface area contributed by atoms with Crippen LogP contribution >= 0.6 is 22.9 Å². The third-order valence-electron chi connectivity index (χ3n) is 7.61. The van der Waals surface area contributed by atoms with E-state index in [1.165, 1.54) is 29.0 Å². The molecule has 0 amide bonds. The number of thiazole rings is 1. The number of non-ortho nitro benzene ring substituents is 1. The molecule has 8 nitrogen and oxygen atoms in total. The Bertz CT molecular complexity index is 2120. The van der Waals surface area contributed by atoms with Crippen molar-refractivity contribution in [3.8, 4) is 17.1 Å². The predicted octanol–water partition coefficient (Wildman–Crippen LogP) is 6.15. The lowest BCUT2D eigenvalue weighted by atomic mass is 9.83. The molecule has 3 heterocycles. The Labute approximate surface area is 248 Å². The first-order valence-corrected chi connectivity index (χ1v) is 14.4. The molecule has 0 N–H and O–H groups in total. The molecule has 1 atom stereocenters. The van der Waals surface area contributed by atoms with Crippen molar-refractivity contribution in [1.29, 1.82) is 0 Å². The first-order chi connectivity index (χ1) is 20.4. The number of hydrogen-bond acceptors (Lipinski definition) is 7. The third kappa shape index (κ3) is 4.38. The molecular weight excluding hydrogens is 574 g/mol. The van der Waals surface area contributed by atoms with E-state index in [1.54, 1.807) is 36.0 Å². The van der Waals surface area contributed by atoms with Gasteiger partial charge in [-0.15, -0.1) is 0 Å². The summed E-state index contributed by atoms with van der Waals surface area (Å²) in [7, 11) is 1.63. The largest absolute Gasteiger partial charge is 0.497 e. The van der Waals surface area contributed by atoms with Crippen molar-refractivity contribution in [3.05, 3.63) is 142 Å². The van der Waals surface area contributed by atoms with Crippen molar-refractivity contribution < 1.29 is 14.1 Å². The van der Waals surface area contributed by atoms with E-state index in [0.29, 0.717) is 26.4 Å². The minimum Gasteiger partial charge on any atom is -0.497 e. The number of aromatic nitrogens is 1. The van der Waals surface area contributed by atoms with Crippen LogP contribution in [-0.4, -0.2) is 16.6 Å². The molecule has 5 aromatic rings. The Morgan fingerprint density at radius 2 is 1.93 bits per heavy atom. The smallest absolute Gasteiger partial charge is 0.271 e. The van der Waals surface area contributed by atoms with Crippen LogP contribution in [0, 0.1) is 10.1 Å². The van der Waals surface area contributed by atoms with E-state index in [-0.39, 0.29) is 22.3 Å². The second-order valence-electron chi connectivity index (χ2n) is 10.0. The summed E-state index contributed by atoms with van der Waals surface area (Å²) in [6.07, 6.45) is 3.36. The maximum absolute atomic E-state index is 14.0. The summed E-state index contributed by atoms with van der Waals surface area (Å²) in [5.41, 5.74) is 5.58. The van der Waals surface area contributed by atoms with Gasteiger partial charge in [0, 0.05) is 29.3 Å². The van der Waals surface area contributed by atoms with Crippen molar-refractivity contribution in [3.63, 3.8) is 0 Å². The topological polar surface area (TPSA) is 99.9 Å². The molecule has 2 aromatic heterocycles. The lowest BCUT2D eigenvalue weighted by molar-refractivity contribution is -0.384. The van der Waals surface area contributed by atoms with Gasteiger partial charge in [0.2, 0.25) is 0 Å². The number of nitro groups is 1. The fourth-order valence-electron chi connectivity index (χ4n) is 5.66. The average molecular weight is 596 g/mol. The molecule has 10 heteroatoms. The number of hydrogen-bond donors (Lipinski definition) is 0. The van der Waals surface area contributed by atoms with Crippen LogP contribution in [0.2, 0.25) is 5.02 Å². The van der Waals surface area contributed by atoms with Gasteiger partial charge in [-0.3, -0.25) is 19.5 Å². The molecule has 2 aliphatic rings. The van der Waals surface area contributed by atoms with Gasteiger partial charge in [0.15, 0.2) is 4.80 Å². The maximum atomic E-state index is 14.0. The van der Waals surface area contributed by atoms with E-state index >= 15 is 0 Å². The van der Waals surface area contributed by atoms with Crippen molar-refractivity contribution >= 4 is 40.4 Å². The SMILES string of the molecule is COc1cccc([C@H]2C3=C(N=c4s/c(=C/c5ccc(-c6ccc([N+](=O)[O-])cc6Cl)o5)c(=O)n42)c2ccccc2CC3)c1. The Morgan fingerprint density at radius 1 is 1.07 bits per heavy atom. The Balaban J connectivity index is 1.37. The van der Waals surface area contributed by atoms with E-state index in [0.717, 1.165) is 41.0 Å². The summed E-state index contributed by atoms with van der Waals surface area (Å²) in [6.45, 7) is 0. The van der Waals surface area contributed by atoms with E-state index in [4.69, 9.17) is 25.7 Å². The highest BCUT2D eigenvalue weighted by molar-refractivity contribution is 7.07. The van der Waals surface area contributed by atoms with Gasteiger partial charge >= 0.3 is 0 Å². The summed E-state index contributed by atoms with van der Waals surface area (Å²) in [4.78, 5) is 30.2. The molecule has 0 unspecified atom stereocenters. The number of nitrogens with zero attached hydrogens (tertiary/aromatic N) is 3. The summed E-state index contributed by atoms with van der Waals surface area (Å²) >= 11 is 7.62. The minimum absolute atomic E-state index is 0.104. The van der Waals surface area contributed by atoms with Gasteiger partial charge in [-0.25, -0.2) is 4.99 Å². The van der Waals surface area contributed by atoms with Gasteiger partial charge in [-0.2, -0.15) is 0 Å². The molecule has 0 radical (unpaired) electrons. The quantitative estimate of drug-likeness (QED) is 0.179. The van der Waals surface area contributed by atoms with Crippen LogP contribution in [0.3, 0.4) is 0 Å². The lowest BCUT2D eigenvalue weighted by Crippen LogP contribution is -2.38. The first kappa shape index (κ1) is 26.2. The second-order valence-corrected chi connectivity index (χ2v) is 11.4. The molecule has 1 aliphatic carbocycles. The number of benzene rings is 3. The van der Waals surface area contributed by atoms with Crippen molar-refractivity contribution in [2.75, 3.05) is 7.11 Å². The molecule has 0 saturated carbocycles. The Hall–Kier alpha value is -4.73. The zero-order valence-electron chi connectivity index (χ0n) is 22.2. The van der Waals surface area contributed by atoms with E-state index in [9.17, 15) is 14.9 Å². The summed E-state index contributed by atoms with van der Waals surface area (Å²) in [5, 5.41) is 11.3. The van der Waals surface area contributed by atoms with Crippen LogP contribution in [0.15, 0.2) is 98.6 Å². The highest BCUT2D eigenvalue weighted by Crippen LogP contribution is 2.41. The van der Waals surface area contributed by atoms with Crippen LogP contribution < -0.4 is 19.6 Å². The predicted molar refractivity (Wildman–Crippen MR) is 162 cm³/mol. The molecule has 0 bridgehead atoms. The van der Waals surface area contributed by atoms with Crippen LogP contribution in [0.4, 0.5) is 5.69 Å². The molecule has 0 spiro atoms. The fourth-order valence-corrected chi connectivity index (χ4v) is 6.90. The van der Waals surface area contributed by atoms with Crippen molar-refractivity contribution in [1.82, 2.24) is 4.57 Å². The molecular formula is C32H22ClN3O5S. The molecule has 3 aromatic carbocycles. The van der Waals surface area contributed by atoms with Gasteiger partial charge < -0.3 is 9.15 Å². The fraction of sp³-hybridized carbons (Fsp3) is 0.125.